The van der Waals surface area contributed by atoms with Crippen molar-refractivity contribution >= 4 is 5.69 Å². The molecule has 2 rings (SSSR count). The first-order valence-electron chi connectivity index (χ1n) is 4.34. The van der Waals surface area contributed by atoms with Crippen LogP contribution < -0.4 is 0 Å². The predicted molar refractivity (Wildman–Crippen MR) is 55.1 cm³/mol. The zero-order chi connectivity index (χ0) is 9.97. The van der Waals surface area contributed by atoms with Crippen LogP contribution in [0, 0.1) is 13.5 Å². The topological polar surface area (TPSA) is 17.5 Å². The third kappa shape index (κ3) is 1.53. The molecule has 0 saturated heterocycles. The fourth-order valence-corrected chi connectivity index (χ4v) is 1.29. The van der Waals surface area contributed by atoms with Crippen molar-refractivity contribution in [2.75, 3.05) is 0 Å². The molecular weight excluding hydrogens is 174 g/mol. The quantitative estimate of drug-likeness (QED) is 0.614. The maximum absolute atomic E-state index is 6.82. The predicted octanol–water partition coefficient (Wildman–Crippen LogP) is 3.81. The normalized spacial score (nSPS) is 9.71. The summed E-state index contributed by atoms with van der Waals surface area (Å²) in [5, 5.41) is 0. The fraction of sp³-hybridized carbons (Fsp3) is 0.0833. The van der Waals surface area contributed by atoms with Crippen molar-refractivity contribution in [2.24, 2.45) is 0 Å². The maximum atomic E-state index is 6.82. The van der Waals surface area contributed by atoms with E-state index >= 15 is 0 Å². The molecule has 0 N–H and O–H groups in total. The maximum Gasteiger partial charge on any atom is 0.187 e. The summed E-state index contributed by atoms with van der Waals surface area (Å²) in [7, 11) is 0. The number of aryl methyl sites for hydroxylation is 1. The van der Waals surface area contributed by atoms with Gasteiger partial charge in [0, 0.05) is 5.56 Å². The van der Waals surface area contributed by atoms with E-state index in [9.17, 15) is 0 Å². The minimum atomic E-state index is 0.650. The molecule has 0 bridgehead atoms. The molecule has 14 heavy (non-hydrogen) atoms. The molecule has 0 radical (unpaired) electrons. The van der Waals surface area contributed by atoms with Gasteiger partial charge < -0.3 is 4.42 Å². The Kier molecular flexibility index (Phi) is 2.08. The van der Waals surface area contributed by atoms with Gasteiger partial charge in [0.1, 0.15) is 11.5 Å². The second-order valence-electron chi connectivity index (χ2n) is 3.07. The third-order valence-electron chi connectivity index (χ3n) is 2.02. The number of hydrogen-bond donors (Lipinski definition) is 0. The minimum Gasteiger partial charge on any atom is -0.461 e. The van der Waals surface area contributed by atoms with Crippen molar-refractivity contribution in [2.45, 2.75) is 6.92 Å². The average Bonchev–Trinajstić information content (AvgIpc) is 2.65. The number of benzene rings is 1. The van der Waals surface area contributed by atoms with Crippen LogP contribution >= 0.6 is 0 Å². The molecule has 0 fully saturated rings. The highest BCUT2D eigenvalue weighted by molar-refractivity contribution is 5.61. The first-order chi connectivity index (χ1) is 6.79. The molecule has 0 saturated carbocycles. The summed E-state index contributed by atoms with van der Waals surface area (Å²) >= 11 is 0. The molecule has 1 heterocycles. The van der Waals surface area contributed by atoms with E-state index in [4.69, 9.17) is 11.0 Å². The lowest BCUT2D eigenvalue weighted by molar-refractivity contribution is 0.548. The second-order valence-corrected chi connectivity index (χ2v) is 3.07. The van der Waals surface area contributed by atoms with Crippen LogP contribution in [0.5, 0.6) is 0 Å². The third-order valence-corrected chi connectivity index (χ3v) is 2.02. The molecule has 0 amide bonds. The zero-order valence-corrected chi connectivity index (χ0v) is 7.82. The van der Waals surface area contributed by atoms with E-state index in [0.29, 0.717) is 5.69 Å². The van der Waals surface area contributed by atoms with Crippen LogP contribution in [0.15, 0.2) is 40.8 Å². The van der Waals surface area contributed by atoms with E-state index in [1.165, 1.54) is 0 Å². The summed E-state index contributed by atoms with van der Waals surface area (Å²) in [6, 6.07) is 11.2. The van der Waals surface area contributed by atoms with Crippen LogP contribution in [0.3, 0.4) is 0 Å². The van der Waals surface area contributed by atoms with Crippen LogP contribution in [-0.4, -0.2) is 0 Å². The molecular formula is C12H9NO. The summed E-state index contributed by atoms with van der Waals surface area (Å²) in [5.41, 5.74) is 1.66. The number of hydrogen-bond acceptors (Lipinski definition) is 1. The molecule has 0 spiro atoms. The first kappa shape index (κ1) is 8.58. The van der Waals surface area contributed by atoms with Crippen LogP contribution in [0.2, 0.25) is 0 Å². The van der Waals surface area contributed by atoms with E-state index in [0.717, 1.165) is 17.1 Å². The minimum absolute atomic E-state index is 0.650. The molecule has 0 atom stereocenters. The standard InChI is InChI=1S/C12H9NO/c1-9-3-8-12(14-9)10-4-6-11(13-2)7-5-10/h3-8H,1H3. The van der Waals surface area contributed by atoms with Gasteiger partial charge in [0.15, 0.2) is 5.69 Å². The Morgan fingerprint density at radius 3 is 2.29 bits per heavy atom. The van der Waals surface area contributed by atoms with Crippen LogP contribution in [0.4, 0.5) is 5.69 Å². The Morgan fingerprint density at radius 2 is 1.79 bits per heavy atom. The van der Waals surface area contributed by atoms with Gasteiger partial charge in [-0.25, -0.2) is 4.85 Å². The van der Waals surface area contributed by atoms with E-state index in [1.54, 1.807) is 12.1 Å². The van der Waals surface area contributed by atoms with Crippen molar-refractivity contribution < 1.29 is 4.42 Å². The average molecular weight is 183 g/mol. The molecule has 0 aliphatic heterocycles. The Bertz CT molecular complexity index is 474. The van der Waals surface area contributed by atoms with Gasteiger partial charge >= 0.3 is 0 Å². The van der Waals surface area contributed by atoms with E-state index in [1.807, 2.05) is 31.2 Å². The Labute approximate surface area is 82.6 Å². The molecule has 0 aliphatic rings. The lowest BCUT2D eigenvalue weighted by atomic mass is 10.1. The van der Waals surface area contributed by atoms with Crippen molar-refractivity contribution in [1.82, 2.24) is 0 Å². The molecule has 0 aliphatic carbocycles. The largest absolute Gasteiger partial charge is 0.461 e. The lowest BCUT2D eigenvalue weighted by Crippen LogP contribution is -1.71. The van der Waals surface area contributed by atoms with Gasteiger partial charge in [0.25, 0.3) is 0 Å². The molecule has 1 aromatic carbocycles. The summed E-state index contributed by atoms with van der Waals surface area (Å²) in [6.45, 7) is 8.74. The van der Waals surface area contributed by atoms with Gasteiger partial charge in [-0.1, -0.05) is 24.3 Å². The molecule has 2 aromatic rings. The lowest BCUT2D eigenvalue weighted by Gasteiger charge is -1.96. The van der Waals surface area contributed by atoms with Gasteiger partial charge in [-0.15, -0.1) is 0 Å². The molecule has 2 heteroatoms. The highest BCUT2D eigenvalue weighted by atomic mass is 16.3. The van der Waals surface area contributed by atoms with Crippen molar-refractivity contribution in [3.63, 3.8) is 0 Å². The Morgan fingerprint density at radius 1 is 1.07 bits per heavy atom. The highest BCUT2D eigenvalue weighted by Gasteiger charge is 2.01. The van der Waals surface area contributed by atoms with Gasteiger partial charge in [-0.05, 0) is 19.1 Å². The molecule has 2 nitrogen and oxygen atoms in total. The molecule has 1 aromatic heterocycles. The van der Waals surface area contributed by atoms with Crippen molar-refractivity contribution in [3.05, 3.63) is 53.6 Å². The smallest absolute Gasteiger partial charge is 0.187 e. The van der Waals surface area contributed by atoms with Crippen LogP contribution in [0.25, 0.3) is 16.2 Å². The summed E-state index contributed by atoms with van der Waals surface area (Å²) in [4.78, 5) is 3.33. The SMILES string of the molecule is [C-]#[N+]c1ccc(-c2ccc(C)o2)cc1. The fourth-order valence-electron chi connectivity index (χ4n) is 1.29. The van der Waals surface area contributed by atoms with Gasteiger partial charge in [-0.2, -0.15) is 0 Å². The zero-order valence-electron chi connectivity index (χ0n) is 7.82. The summed E-state index contributed by atoms with van der Waals surface area (Å²) < 4.78 is 5.47. The Balaban J connectivity index is 2.39. The number of nitrogens with zero attached hydrogens (tertiary/aromatic N) is 1. The second kappa shape index (κ2) is 3.39. The molecule has 0 unspecified atom stereocenters. The van der Waals surface area contributed by atoms with Crippen LogP contribution in [0.1, 0.15) is 5.76 Å². The van der Waals surface area contributed by atoms with Crippen LogP contribution in [-0.2, 0) is 0 Å². The van der Waals surface area contributed by atoms with Crippen molar-refractivity contribution in [3.8, 4) is 11.3 Å². The summed E-state index contributed by atoms with van der Waals surface area (Å²) in [6.07, 6.45) is 0. The van der Waals surface area contributed by atoms with Gasteiger partial charge in [0.05, 0.1) is 6.57 Å². The number of furan rings is 1. The van der Waals surface area contributed by atoms with E-state index in [2.05, 4.69) is 4.85 Å². The first-order valence-corrected chi connectivity index (χ1v) is 4.34. The van der Waals surface area contributed by atoms with Gasteiger partial charge in [-0.3, -0.25) is 0 Å². The monoisotopic (exact) mass is 183 g/mol. The van der Waals surface area contributed by atoms with Crippen molar-refractivity contribution in [1.29, 1.82) is 0 Å². The Hall–Kier alpha value is -2.01. The van der Waals surface area contributed by atoms with Gasteiger partial charge in [0.2, 0.25) is 0 Å². The number of rotatable bonds is 1. The summed E-state index contributed by atoms with van der Waals surface area (Å²) in [5.74, 6) is 1.74. The van der Waals surface area contributed by atoms with E-state index in [-0.39, 0.29) is 0 Å². The van der Waals surface area contributed by atoms with E-state index < -0.39 is 0 Å². The molecule has 68 valence electrons. The highest BCUT2D eigenvalue weighted by Crippen LogP contribution is 2.24.